The molecular formula is C31H39FN2O8. The quantitative estimate of drug-likeness (QED) is 0.344. The van der Waals surface area contributed by atoms with Crippen LogP contribution in [0.5, 0.6) is 17.2 Å². The molecule has 1 unspecified atom stereocenters. The number of carbonyl (C=O) groups is 3. The maximum atomic E-state index is 14.2. The van der Waals surface area contributed by atoms with Crippen LogP contribution < -0.4 is 14.2 Å². The van der Waals surface area contributed by atoms with Crippen LogP contribution in [0.25, 0.3) is 6.08 Å². The number of carbonyl (C=O) groups excluding carboxylic acids is 1. The topological polar surface area (TPSA) is 126 Å². The highest BCUT2D eigenvalue weighted by Crippen LogP contribution is 2.38. The molecule has 42 heavy (non-hydrogen) atoms. The minimum Gasteiger partial charge on any atom is -0.493 e. The van der Waals surface area contributed by atoms with Crippen LogP contribution in [0.15, 0.2) is 54.1 Å². The third-order valence-corrected chi connectivity index (χ3v) is 6.72. The fraction of sp³-hybridized carbons (Fsp3) is 0.387. The van der Waals surface area contributed by atoms with E-state index in [0.717, 1.165) is 25.0 Å². The second-order valence-corrected chi connectivity index (χ2v) is 9.73. The van der Waals surface area contributed by atoms with Crippen molar-refractivity contribution in [2.45, 2.75) is 32.2 Å². The van der Waals surface area contributed by atoms with Crippen LogP contribution in [0.3, 0.4) is 0 Å². The number of benzene rings is 2. The van der Waals surface area contributed by atoms with Crippen LogP contribution in [-0.4, -0.2) is 91.9 Å². The number of halogens is 1. The second-order valence-electron chi connectivity index (χ2n) is 9.73. The Labute approximate surface area is 245 Å². The van der Waals surface area contributed by atoms with Crippen molar-refractivity contribution in [1.82, 2.24) is 9.80 Å². The number of amides is 1. The molecule has 3 rings (SSSR count). The van der Waals surface area contributed by atoms with Gasteiger partial charge in [-0.15, -0.1) is 0 Å². The molecule has 1 aliphatic rings. The SMILES string of the molecule is COc1cc(C(=O)N(CCC2CCCN2C)C/C(C)=C/c2ccccc2F)cc(OC)c1OC.O=C(O)C=CC(=O)O. The van der Waals surface area contributed by atoms with Gasteiger partial charge in [0.2, 0.25) is 5.75 Å². The van der Waals surface area contributed by atoms with Gasteiger partial charge in [0.05, 0.1) is 21.3 Å². The number of hydrogen-bond donors (Lipinski definition) is 2. The van der Waals surface area contributed by atoms with Crippen molar-refractivity contribution < 1.29 is 43.2 Å². The molecule has 2 N–H and O–H groups in total. The molecule has 2 aromatic rings. The lowest BCUT2D eigenvalue weighted by Crippen LogP contribution is -2.37. The predicted octanol–water partition coefficient (Wildman–Crippen LogP) is 4.59. The van der Waals surface area contributed by atoms with Gasteiger partial charge in [0, 0.05) is 42.4 Å². The average molecular weight is 587 g/mol. The molecule has 2 aromatic carbocycles. The molecule has 0 saturated carbocycles. The molecule has 11 heteroatoms. The predicted molar refractivity (Wildman–Crippen MR) is 157 cm³/mol. The van der Waals surface area contributed by atoms with E-state index >= 15 is 0 Å². The van der Waals surface area contributed by atoms with E-state index < -0.39 is 11.9 Å². The van der Waals surface area contributed by atoms with Crippen molar-refractivity contribution in [2.24, 2.45) is 0 Å². The van der Waals surface area contributed by atoms with E-state index in [1.807, 2.05) is 11.8 Å². The van der Waals surface area contributed by atoms with Crippen LogP contribution in [-0.2, 0) is 9.59 Å². The Hall–Kier alpha value is -4.38. The van der Waals surface area contributed by atoms with E-state index in [0.29, 0.717) is 59.7 Å². The third-order valence-electron chi connectivity index (χ3n) is 6.72. The lowest BCUT2D eigenvalue weighted by atomic mass is 10.1. The average Bonchev–Trinajstić information content (AvgIpc) is 3.38. The zero-order chi connectivity index (χ0) is 31.2. The Kier molecular flexibility index (Phi) is 13.5. The Balaban J connectivity index is 0.000000675. The molecule has 0 aliphatic carbocycles. The second kappa shape index (κ2) is 16.8. The number of carboxylic acid groups (broad SMARTS) is 2. The molecule has 1 heterocycles. The van der Waals surface area contributed by atoms with Gasteiger partial charge in [0.1, 0.15) is 5.82 Å². The van der Waals surface area contributed by atoms with E-state index in [2.05, 4.69) is 11.9 Å². The van der Waals surface area contributed by atoms with E-state index in [4.69, 9.17) is 24.4 Å². The largest absolute Gasteiger partial charge is 0.493 e. The first-order valence-electron chi connectivity index (χ1n) is 13.4. The van der Waals surface area contributed by atoms with Gasteiger partial charge >= 0.3 is 11.9 Å². The summed E-state index contributed by atoms with van der Waals surface area (Å²) in [6.45, 7) is 3.98. The van der Waals surface area contributed by atoms with Crippen LogP contribution in [0.4, 0.5) is 4.39 Å². The Morgan fingerprint density at radius 1 is 1.02 bits per heavy atom. The van der Waals surface area contributed by atoms with Crippen molar-refractivity contribution in [1.29, 1.82) is 0 Å². The van der Waals surface area contributed by atoms with Crippen molar-refractivity contribution >= 4 is 23.9 Å². The number of aliphatic carboxylic acids is 2. The molecular weight excluding hydrogens is 547 g/mol. The summed E-state index contributed by atoms with van der Waals surface area (Å²) in [4.78, 5) is 37.0. The Morgan fingerprint density at radius 3 is 2.10 bits per heavy atom. The molecule has 0 aromatic heterocycles. The van der Waals surface area contributed by atoms with Gasteiger partial charge in [-0.25, -0.2) is 14.0 Å². The van der Waals surface area contributed by atoms with Gasteiger partial charge in [-0.2, -0.15) is 0 Å². The molecule has 0 spiro atoms. The zero-order valence-electron chi connectivity index (χ0n) is 24.6. The Bertz CT molecular complexity index is 1250. The zero-order valence-corrected chi connectivity index (χ0v) is 24.6. The summed E-state index contributed by atoms with van der Waals surface area (Å²) < 4.78 is 30.5. The fourth-order valence-corrected chi connectivity index (χ4v) is 4.64. The van der Waals surface area contributed by atoms with Crippen molar-refractivity contribution in [3.63, 3.8) is 0 Å². The minimum atomic E-state index is -1.26. The first-order valence-corrected chi connectivity index (χ1v) is 13.4. The maximum absolute atomic E-state index is 14.2. The van der Waals surface area contributed by atoms with Crippen LogP contribution in [0, 0.1) is 5.82 Å². The van der Waals surface area contributed by atoms with Gasteiger partial charge in [-0.05, 0) is 58.0 Å². The summed E-state index contributed by atoms with van der Waals surface area (Å²) in [6.07, 6.45) is 6.10. The highest BCUT2D eigenvalue weighted by Gasteiger charge is 2.25. The third kappa shape index (κ3) is 10.2. The number of rotatable bonds is 12. The molecule has 1 aliphatic heterocycles. The monoisotopic (exact) mass is 586 g/mol. The standard InChI is InChI=1S/C27H35FN2O4.C4H4O4/c1-19(15-20-9-6-7-11-23(20)28)18-30(14-12-22-10-8-13-29(22)2)27(31)21-16-24(32-3)26(34-5)25(17-21)33-4;5-3(6)1-2-4(7)8/h6-7,9,11,15-17,22H,8,10,12-14,18H2,1-5H3;1-2H,(H,5,6)(H,7,8)/b19-15+;. The van der Waals surface area contributed by atoms with Gasteiger partial charge in [0.25, 0.3) is 5.91 Å². The molecule has 1 saturated heterocycles. The van der Waals surface area contributed by atoms with Gasteiger partial charge < -0.3 is 34.2 Å². The summed E-state index contributed by atoms with van der Waals surface area (Å²) >= 11 is 0. The molecule has 1 atom stereocenters. The summed E-state index contributed by atoms with van der Waals surface area (Å²) in [5, 5.41) is 15.6. The molecule has 1 amide bonds. The number of hydrogen-bond acceptors (Lipinski definition) is 7. The van der Waals surface area contributed by atoms with Gasteiger partial charge in [0.15, 0.2) is 11.5 Å². The number of ether oxygens (including phenoxy) is 3. The number of nitrogens with zero attached hydrogens (tertiary/aromatic N) is 2. The maximum Gasteiger partial charge on any atom is 0.328 e. The number of likely N-dealkylation sites (tertiary alicyclic amines) is 1. The van der Waals surface area contributed by atoms with Crippen molar-refractivity contribution in [3.8, 4) is 17.2 Å². The first kappa shape index (κ1) is 33.8. The van der Waals surface area contributed by atoms with Gasteiger partial charge in [-0.3, -0.25) is 4.79 Å². The van der Waals surface area contributed by atoms with Crippen LogP contribution in [0.2, 0.25) is 0 Å². The summed E-state index contributed by atoms with van der Waals surface area (Å²) in [7, 11) is 6.72. The number of methoxy groups -OCH3 is 3. The highest BCUT2D eigenvalue weighted by atomic mass is 19.1. The smallest absolute Gasteiger partial charge is 0.328 e. The molecule has 0 bridgehead atoms. The highest BCUT2D eigenvalue weighted by molar-refractivity contribution is 5.96. The van der Waals surface area contributed by atoms with E-state index in [9.17, 15) is 18.8 Å². The molecule has 228 valence electrons. The van der Waals surface area contributed by atoms with Crippen molar-refractivity contribution in [2.75, 3.05) is 48.0 Å². The van der Waals surface area contributed by atoms with Crippen LogP contribution >= 0.6 is 0 Å². The minimum absolute atomic E-state index is 0.138. The van der Waals surface area contributed by atoms with E-state index in [1.165, 1.54) is 33.8 Å². The normalized spacial score (nSPS) is 15.1. The molecule has 10 nitrogen and oxygen atoms in total. The van der Waals surface area contributed by atoms with Crippen molar-refractivity contribution in [3.05, 3.63) is 71.1 Å². The summed E-state index contributed by atoms with van der Waals surface area (Å²) in [5.41, 5.74) is 1.86. The lowest BCUT2D eigenvalue weighted by molar-refractivity contribution is -0.134. The van der Waals surface area contributed by atoms with Gasteiger partial charge in [-0.1, -0.05) is 29.8 Å². The molecule has 0 radical (unpaired) electrons. The van der Waals surface area contributed by atoms with E-state index in [-0.39, 0.29) is 11.7 Å². The fourth-order valence-electron chi connectivity index (χ4n) is 4.64. The Morgan fingerprint density at radius 2 is 1.62 bits per heavy atom. The van der Waals surface area contributed by atoms with E-state index in [1.54, 1.807) is 36.4 Å². The molecule has 1 fully saturated rings. The number of carboxylic acids is 2. The summed E-state index contributed by atoms with van der Waals surface area (Å²) in [6, 6.07) is 10.4. The lowest BCUT2D eigenvalue weighted by Gasteiger charge is -2.27. The first-order chi connectivity index (χ1) is 20.0. The van der Waals surface area contributed by atoms with Crippen LogP contribution in [0.1, 0.15) is 42.1 Å². The summed E-state index contributed by atoms with van der Waals surface area (Å²) in [5.74, 6) is -1.63.